The van der Waals surface area contributed by atoms with Gasteiger partial charge in [-0.05, 0) is 59.1 Å². The number of carbonyl (C=O) groups excluding carboxylic acids is 1. The molecule has 0 bridgehead atoms. The number of rotatable bonds is 2. The number of aromatic hydroxyl groups is 1. The molecule has 0 atom stereocenters. The zero-order valence-electron chi connectivity index (χ0n) is 10.7. The van der Waals surface area contributed by atoms with Crippen molar-refractivity contribution in [2.75, 3.05) is 5.32 Å². The second-order valence-electron chi connectivity index (χ2n) is 4.41. The van der Waals surface area contributed by atoms with Crippen LogP contribution in [0.3, 0.4) is 0 Å². The first-order valence-electron chi connectivity index (χ1n) is 5.85. The Labute approximate surface area is 120 Å². The molecule has 3 nitrogen and oxygen atoms in total. The van der Waals surface area contributed by atoms with E-state index < -0.39 is 0 Å². The van der Waals surface area contributed by atoms with E-state index in [2.05, 4.69) is 21.2 Å². The van der Waals surface area contributed by atoms with E-state index in [1.807, 2.05) is 32.0 Å². The molecule has 0 aliphatic heterocycles. The van der Waals surface area contributed by atoms with Gasteiger partial charge >= 0.3 is 0 Å². The summed E-state index contributed by atoms with van der Waals surface area (Å²) in [6.45, 7) is 3.80. The number of phenolic OH excluding ortho intramolecular Hbond substituents is 1. The van der Waals surface area contributed by atoms with E-state index in [9.17, 15) is 9.90 Å². The predicted molar refractivity (Wildman–Crippen MR) is 79.7 cm³/mol. The van der Waals surface area contributed by atoms with Gasteiger partial charge in [0.15, 0.2) is 0 Å². The Morgan fingerprint density at radius 2 is 1.95 bits per heavy atom. The average Bonchev–Trinajstić information content (AvgIpc) is 2.36. The Morgan fingerprint density at radius 3 is 2.63 bits per heavy atom. The minimum absolute atomic E-state index is 0.0668. The molecule has 0 spiro atoms. The van der Waals surface area contributed by atoms with Crippen LogP contribution in [-0.4, -0.2) is 11.0 Å². The average molecular weight is 320 g/mol. The lowest BCUT2D eigenvalue weighted by Gasteiger charge is -2.10. The summed E-state index contributed by atoms with van der Waals surface area (Å²) in [6.07, 6.45) is 0. The maximum absolute atomic E-state index is 12.2. The standard InChI is InChI=1S/C15H14BrNO2/c1-9-6-7-12(13(18)8-9)17-15(19)11-5-3-4-10(2)14(11)16/h3-8,18H,1-2H3,(H,17,19). The Balaban J connectivity index is 2.28. The van der Waals surface area contributed by atoms with Gasteiger partial charge in [0.2, 0.25) is 0 Å². The van der Waals surface area contributed by atoms with Crippen LogP contribution in [0.5, 0.6) is 5.75 Å². The van der Waals surface area contributed by atoms with Crippen LogP contribution in [0, 0.1) is 13.8 Å². The fraction of sp³-hybridized carbons (Fsp3) is 0.133. The van der Waals surface area contributed by atoms with Crippen molar-refractivity contribution in [1.29, 1.82) is 0 Å². The van der Waals surface area contributed by atoms with E-state index in [4.69, 9.17) is 0 Å². The van der Waals surface area contributed by atoms with E-state index in [0.717, 1.165) is 15.6 Å². The molecule has 0 unspecified atom stereocenters. The first-order valence-corrected chi connectivity index (χ1v) is 6.64. The summed E-state index contributed by atoms with van der Waals surface area (Å²) < 4.78 is 0.763. The number of amides is 1. The molecule has 2 rings (SSSR count). The van der Waals surface area contributed by atoms with Crippen molar-refractivity contribution in [3.8, 4) is 5.75 Å². The highest BCUT2D eigenvalue weighted by molar-refractivity contribution is 9.10. The van der Waals surface area contributed by atoms with Crippen LogP contribution in [0.2, 0.25) is 0 Å². The van der Waals surface area contributed by atoms with Crippen LogP contribution in [0.1, 0.15) is 21.5 Å². The summed E-state index contributed by atoms with van der Waals surface area (Å²) >= 11 is 3.40. The third-order valence-electron chi connectivity index (χ3n) is 2.84. The van der Waals surface area contributed by atoms with Gasteiger partial charge in [-0.1, -0.05) is 18.2 Å². The van der Waals surface area contributed by atoms with Crippen LogP contribution < -0.4 is 5.32 Å². The van der Waals surface area contributed by atoms with Gasteiger partial charge < -0.3 is 10.4 Å². The lowest BCUT2D eigenvalue weighted by atomic mass is 10.1. The van der Waals surface area contributed by atoms with Crippen LogP contribution >= 0.6 is 15.9 Å². The third kappa shape index (κ3) is 2.96. The van der Waals surface area contributed by atoms with Gasteiger partial charge in [-0.3, -0.25) is 4.79 Å². The fourth-order valence-corrected chi connectivity index (χ4v) is 2.20. The first-order chi connectivity index (χ1) is 8.99. The van der Waals surface area contributed by atoms with E-state index in [-0.39, 0.29) is 11.7 Å². The minimum Gasteiger partial charge on any atom is -0.506 e. The predicted octanol–water partition coefficient (Wildman–Crippen LogP) is 4.02. The lowest BCUT2D eigenvalue weighted by molar-refractivity contribution is 0.102. The van der Waals surface area contributed by atoms with Gasteiger partial charge in [0.05, 0.1) is 11.3 Å². The molecule has 4 heteroatoms. The molecule has 2 aromatic rings. The molecule has 0 heterocycles. The highest BCUT2D eigenvalue weighted by Crippen LogP contribution is 2.26. The second-order valence-corrected chi connectivity index (χ2v) is 5.20. The molecule has 0 aliphatic carbocycles. The van der Waals surface area contributed by atoms with Crippen molar-refractivity contribution >= 4 is 27.5 Å². The van der Waals surface area contributed by atoms with E-state index in [0.29, 0.717) is 11.3 Å². The first kappa shape index (κ1) is 13.6. The van der Waals surface area contributed by atoms with Crippen LogP contribution in [0.25, 0.3) is 0 Å². The normalized spacial score (nSPS) is 10.3. The molecule has 98 valence electrons. The highest BCUT2D eigenvalue weighted by atomic mass is 79.9. The molecule has 1 amide bonds. The third-order valence-corrected chi connectivity index (χ3v) is 3.89. The summed E-state index contributed by atoms with van der Waals surface area (Å²) in [5.74, 6) is -0.188. The van der Waals surface area contributed by atoms with Crippen molar-refractivity contribution in [1.82, 2.24) is 0 Å². The minimum atomic E-state index is -0.255. The van der Waals surface area contributed by atoms with Gasteiger partial charge in [0.25, 0.3) is 5.91 Å². The molecular weight excluding hydrogens is 306 g/mol. The summed E-state index contributed by atoms with van der Waals surface area (Å²) in [6, 6.07) is 10.6. The van der Waals surface area contributed by atoms with E-state index in [1.165, 1.54) is 0 Å². The summed E-state index contributed by atoms with van der Waals surface area (Å²) in [5, 5.41) is 12.5. The number of aryl methyl sites for hydroxylation is 2. The van der Waals surface area contributed by atoms with Crippen molar-refractivity contribution in [2.45, 2.75) is 13.8 Å². The van der Waals surface area contributed by atoms with Gasteiger partial charge in [-0.2, -0.15) is 0 Å². The molecule has 0 radical (unpaired) electrons. The molecule has 0 saturated carbocycles. The Kier molecular flexibility index (Phi) is 3.90. The molecular formula is C15H14BrNO2. The van der Waals surface area contributed by atoms with Gasteiger partial charge in [-0.15, -0.1) is 0 Å². The van der Waals surface area contributed by atoms with Crippen molar-refractivity contribution < 1.29 is 9.90 Å². The molecule has 2 N–H and O–H groups in total. The largest absolute Gasteiger partial charge is 0.506 e. The summed E-state index contributed by atoms with van der Waals surface area (Å²) in [4.78, 5) is 12.2. The van der Waals surface area contributed by atoms with Crippen molar-refractivity contribution in [3.05, 3.63) is 57.6 Å². The monoisotopic (exact) mass is 319 g/mol. The van der Waals surface area contributed by atoms with Crippen LogP contribution in [0.4, 0.5) is 5.69 Å². The fourth-order valence-electron chi connectivity index (χ4n) is 1.76. The topological polar surface area (TPSA) is 49.3 Å². The molecule has 2 aromatic carbocycles. The second kappa shape index (κ2) is 5.45. The number of phenols is 1. The molecule has 19 heavy (non-hydrogen) atoms. The van der Waals surface area contributed by atoms with E-state index >= 15 is 0 Å². The van der Waals surface area contributed by atoms with Crippen molar-refractivity contribution in [3.63, 3.8) is 0 Å². The Hall–Kier alpha value is -1.81. The smallest absolute Gasteiger partial charge is 0.256 e. The summed E-state index contributed by atoms with van der Waals surface area (Å²) in [5.41, 5.74) is 2.87. The zero-order chi connectivity index (χ0) is 14.0. The number of nitrogens with one attached hydrogen (secondary N) is 1. The maximum Gasteiger partial charge on any atom is 0.256 e. The van der Waals surface area contributed by atoms with Gasteiger partial charge in [0.1, 0.15) is 5.75 Å². The molecule has 0 fully saturated rings. The number of carbonyl (C=O) groups is 1. The van der Waals surface area contributed by atoms with E-state index in [1.54, 1.807) is 18.2 Å². The maximum atomic E-state index is 12.2. The van der Waals surface area contributed by atoms with Gasteiger partial charge in [-0.25, -0.2) is 0 Å². The molecule has 0 saturated heterocycles. The Bertz CT molecular complexity index is 638. The SMILES string of the molecule is Cc1ccc(NC(=O)c2cccc(C)c2Br)c(O)c1. The molecule has 0 aliphatic rings. The number of hydrogen-bond donors (Lipinski definition) is 2. The van der Waals surface area contributed by atoms with Crippen molar-refractivity contribution in [2.24, 2.45) is 0 Å². The number of benzene rings is 2. The summed E-state index contributed by atoms with van der Waals surface area (Å²) in [7, 11) is 0. The lowest BCUT2D eigenvalue weighted by Crippen LogP contribution is -2.13. The zero-order valence-corrected chi connectivity index (χ0v) is 12.3. The number of hydrogen-bond acceptors (Lipinski definition) is 2. The highest BCUT2D eigenvalue weighted by Gasteiger charge is 2.13. The van der Waals surface area contributed by atoms with Gasteiger partial charge in [0, 0.05) is 4.47 Å². The van der Waals surface area contributed by atoms with Crippen LogP contribution in [0.15, 0.2) is 40.9 Å². The van der Waals surface area contributed by atoms with Crippen LogP contribution in [-0.2, 0) is 0 Å². The Morgan fingerprint density at radius 1 is 1.21 bits per heavy atom. The number of anilines is 1. The quantitative estimate of drug-likeness (QED) is 0.821. The number of halogens is 1. The molecule has 0 aromatic heterocycles.